The van der Waals surface area contributed by atoms with E-state index in [1.807, 2.05) is 0 Å². The summed E-state index contributed by atoms with van der Waals surface area (Å²) in [5.74, 6) is -1.47. The van der Waals surface area contributed by atoms with E-state index in [4.69, 9.17) is 9.47 Å². The number of benzene rings is 1. The van der Waals surface area contributed by atoms with E-state index < -0.39 is 17.4 Å². The highest BCUT2D eigenvalue weighted by Gasteiger charge is 2.44. The first-order chi connectivity index (χ1) is 12.2. The van der Waals surface area contributed by atoms with E-state index in [9.17, 15) is 19.5 Å². The van der Waals surface area contributed by atoms with Crippen LogP contribution in [0.15, 0.2) is 18.2 Å². The molecular weight excluding hydrogens is 340 g/mol. The van der Waals surface area contributed by atoms with Crippen molar-refractivity contribution in [1.29, 1.82) is 0 Å². The summed E-state index contributed by atoms with van der Waals surface area (Å²) in [5, 5.41) is 12.2. The molecule has 1 fully saturated rings. The van der Waals surface area contributed by atoms with Gasteiger partial charge in [0.05, 0.1) is 5.92 Å². The number of carbonyl (C=O) groups excluding carboxylic acids is 2. The summed E-state index contributed by atoms with van der Waals surface area (Å²) in [4.78, 5) is 37.4. The number of likely N-dealkylation sites (tertiary alicyclic amines) is 1. The van der Waals surface area contributed by atoms with Crippen LogP contribution in [0.1, 0.15) is 32.3 Å². The first kappa shape index (κ1) is 18.0. The molecule has 140 valence electrons. The molecule has 1 aromatic rings. The van der Waals surface area contributed by atoms with Crippen molar-refractivity contribution >= 4 is 17.8 Å². The second-order valence-electron chi connectivity index (χ2n) is 7.18. The largest absolute Gasteiger partial charge is 0.481 e. The van der Waals surface area contributed by atoms with Crippen LogP contribution in [-0.4, -0.2) is 53.2 Å². The number of ether oxygens (including phenoxy) is 2. The first-order valence-electron chi connectivity index (χ1n) is 8.39. The van der Waals surface area contributed by atoms with Crippen molar-refractivity contribution in [1.82, 2.24) is 10.2 Å². The number of carboxylic acids is 1. The molecule has 3 rings (SSSR count). The molecule has 0 bridgehead atoms. The molecule has 2 amide bonds. The summed E-state index contributed by atoms with van der Waals surface area (Å²) < 4.78 is 10.7. The van der Waals surface area contributed by atoms with Crippen LogP contribution in [0.25, 0.3) is 0 Å². The first-order valence-corrected chi connectivity index (χ1v) is 8.39. The Morgan fingerprint density at radius 1 is 1.19 bits per heavy atom. The molecule has 1 saturated heterocycles. The minimum absolute atomic E-state index is 0.0935. The minimum Gasteiger partial charge on any atom is -0.481 e. The van der Waals surface area contributed by atoms with Gasteiger partial charge < -0.3 is 24.8 Å². The Balaban J connectivity index is 1.84. The predicted octanol–water partition coefficient (Wildman–Crippen LogP) is 0.957. The third-order valence-corrected chi connectivity index (χ3v) is 4.77. The summed E-state index contributed by atoms with van der Waals surface area (Å²) in [6.07, 6.45) is 0. The fourth-order valence-electron chi connectivity index (χ4n) is 3.59. The third-order valence-electron chi connectivity index (χ3n) is 4.77. The molecule has 2 heterocycles. The van der Waals surface area contributed by atoms with Crippen LogP contribution >= 0.6 is 0 Å². The zero-order valence-electron chi connectivity index (χ0n) is 14.9. The van der Waals surface area contributed by atoms with E-state index in [1.165, 1.54) is 11.8 Å². The van der Waals surface area contributed by atoms with Gasteiger partial charge in [-0.2, -0.15) is 0 Å². The quantitative estimate of drug-likeness (QED) is 0.826. The molecule has 2 N–H and O–H groups in total. The van der Waals surface area contributed by atoms with Gasteiger partial charge in [-0.25, -0.2) is 0 Å². The molecule has 2 atom stereocenters. The standard InChI is InChI=1S/C18H22N2O6/c1-10(21)19-18(2,3)17(24)20-7-12(13(8-20)16(22)23)11-4-5-14-15(6-11)26-9-25-14/h4-6,12-13H,7-9H2,1-3H3,(H,19,21)(H,22,23)/t12-,13+/m0/s1. The molecule has 8 heteroatoms. The number of hydrogen-bond acceptors (Lipinski definition) is 5. The molecule has 0 spiro atoms. The summed E-state index contributed by atoms with van der Waals surface area (Å²) in [5.41, 5.74) is -0.312. The highest BCUT2D eigenvalue weighted by atomic mass is 16.7. The Morgan fingerprint density at radius 3 is 2.54 bits per heavy atom. The lowest BCUT2D eigenvalue weighted by Gasteiger charge is -2.29. The molecule has 0 unspecified atom stereocenters. The van der Waals surface area contributed by atoms with Gasteiger partial charge >= 0.3 is 5.97 Å². The van der Waals surface area contributed by atoms with E-state index >= 15 is 0 Å². The maximum Gasteiger partial charge on any atom is 0.308 e. The Kier molecular flexibility index (Phi) is 4.52. The van der Waals surface area contributed by atoms with Crippen molar-refractivity contribution in [3.8, 4) is 11.5 Å². The van der Waals surface area contributed by atoms with E-state index in [1.54, 1.807) is 32.0 Å². The molecule has 1 aromatic carbocycles. The van der Waals surface area contributed by atoms with Crippen molar-refractivity contribution in [2.75, 3.05) is 19.9 Å². The van der Waals surface area contributed by atoms with Crippen LogP contribution < -0.4 is 14.8 Å². The number of nitrogens with one attached hydrogen (secondary N) is 1. The number of hydrogen-bond donors (Lipinski definition) is 2. The van der Waals surface area contributed by atoms with Crippen LogP contribution in [0.3, 0.4) is 0 Å². The number of aliphatic carboxylic acids is 1. The molecule has 26 heavy (non-hydrogen) atoms. The summed E-state index contributed by atoms with van der Waals surface area (Å²) in [7, 11) is 0. The zero-order chi connectivity index (χ0) is 19.1. The topological polar surface area (TPSA) is 105 Å². The fraction of sp³-hybridized carbons (Fsp3) is 0.500. The van der Waals surface area contributed by atoms with Crippen LogP contribution in [-0.2, 0) is 14.4 Å². The highest BCUT2D eigenvalue weighted by molar-refractivity contribution is 5.91. The smallest absolute Gasteiger partial charge is 0.308 e. The van der Waals surface area contributed by atoms with Gasteiger partial charge in [0.15, 0.2) is 11.5 Å². The molecule has 2 aliphatic heterocycles. The van der Waals surface area contributed by atoms with Crippen LogP contribution in [0, 0.1) is 5.92 Å². The molecule has 2 aliphatic rings. The van der Waals surface area contributed by atoms with E-state index in [0.717, 1.165) is 5.56 Å². The molecular formula is C18H22N2O6. The maximum atomic E-state index is 12.8. The van der Waals surface area contributed by atoms with Crippen LogP contribution in [0.4, 0.5) is 0 Å². The molecule has 0 aromatic heterocycles. The SMILES string of the molecule is CC(=O)NC(C)(C)C(=O)N1C[C@@H](C(=O)O)[C@H](c2ccc3c(c2)OCO3)C1. The normalized spacial score (nSPS) is 21.6. The maximum absolute atomic E-state index is 12.8. The van der Waals surface area contributed by atoms with Gasteiger partial charge in [0.2, 0.25) is 18.6 Å². The van der Waals surface area contributed by atoms with Gasteiger partial charge in [-0.3, -0.25) is 14.4 Å². The Hall–Kier alpha value is -2.77. The lowest BCUT2D eigenvalue weighted by atomic mass is 9.89. The highest BCUT2D eigenvalue weighted by Crippen LogP contribution is 2.39. The van der Waals surface area contributed by atoms with E-state index in [-0.39, 0.29) is 37.6 Å². The molecule has 0 aliphatic carbocycles. The van der Waals surface area contributed by atoms with Crippen molar-refractivity contribution in [3.63, 3.8) is 0 Å². The van der Waals surface area contributed by atoms with Crippen molar-refractivity contribution in [2.45, 2.75) is 32.2 Å². The van der Waals surface area contributed by atoms with Crippen molar-refractivity contribution in [2.24, 2.45) is 5.92 Å². The molecule has 8 nitrogen and oxygen atoms in total. The average Bonchev–Trinajstić information content (AvgIpc) is 3.18. The van der Waals surface area contributed by atoms with Crippen LogP contribution in [0.5, 0.6) is 11.5 Å². The summed E-state index contributed by atoms with van der Waals surface area (Å²) in [6.45, 7) is 5.06. The van der Waals surface area contributed by atoms with Gasteiger partial charge in [0.25, 0.3) is 0 Å². The fourth-order valence-corrected chi connectivity index (χ4v) is 3.59. The van der Waals surface area contributed by atoms with Gasteiger partial charge in [-0.15, -0.1) is 0 Å². The number of rotatable bonds is 4. The van der Waals surface area contributed by atoms with Gasteiger partial charge in [-0.1, -0.05) is 6.07 Å². The van der Waals surface area contributed by atoms with Gasteiger partial charge in [-0.05, 0) is 31.5 Å². The number of fused-ring (bicyclic) bond motifs is 1. The average molecular weight is 362 g/mol. The van der Waals surface area contributed by atoms with E-state index in [2.05, 4.69) is 5.32 Å². The monoisotopic (exact) mass is 362 g/mol. The minimum atomic E-state index is -1.10. The number of nitrogens with zero attached hydrogens (tertiary/aromatic N) is 1. The van der Waals surface area contributed by atoms with Crippen molar-refractivity contribution < 1.29 is 29.0 Å². The number of carboxylic acid groups (broad SMARTS) is 1. The Bertz CT molecular complexity index is 760. The molecule has 0 radical (unpaired) electrons. The summed E-state index contributed by atoms with van der Waals surface area (Å²) >= 11 is 0. The second kappa shape index (κ2) is 6.51. The van der Waals surface area contributed by atoms with Gasteiger partial charge in [0, 0.05) is 25.9 Å². The van der Waals surface area contributed by atoms with Gasteiger partial charge in [0.1, 0.15) is 5.54 Å². The number of carbonyl (C=O) groups is 3. The third kappa shape index (κ3) is 3.31. The predicted molar refractivity (Wildman–Crippen MR) is 90.9 cm³/mol. The molecule has 0 saturated carbocycles. The lowest BCUT2D eigenvalue weighted by molar-refractivity contribution is -0.143. The summed E-state index contributed by atoms with van der Waals surface area (Å²) in [6, 6.07) is 5.33. The lowest BCUT2D eigenvalue weighted by Crippen LogP contribution is -2.55. The Morgan fingerprint density at radius 2 is 1.88 bits per heavy atom. The second-order valence-corrected chi connectivity index (χ2v) is 7.18. The Labute approximate surface area is 151 Å². The van der Waals surface area contributed by atoms with Crippen molar-refractivity contribution in [3.05, 3.63) is 23.8 Å². The van der Waals surface area contributed by atoms with E-state index in [0.29, 0.717) is 11.5 Å². The zero-order valence-corrected chi connectivity index (χ0v) is 14.9. The number of amides is 2. The van der Waals surface area contributed by atoms with Crippen LogP contribution in [0.2, 0.25) is 0 Å².